The molecule has 15 heavy (non-hydrogen) atoms. The van der Waals surface area contributed by atoms with Gasteiger partial charge in [0.05, 0.1) is 5.25 Å². The molecule has 1 amide bonds. The maximum atomic E-state index is 11.6. The van der Waals surface area contributed by atoms with Crippen LogP contribution in [-0.2, 0) is 14.8 Å². The average Bonchev–Trinajstić information content (AvgIpc) is 2.17. The van der Waals surface area contributed by atoms with Crippen LogP contribution in [0.25, 0.3) is 0 Å². The van der Waals surface area contributed by atoms with E-state index in [4.69, 9.17) is 0 Å². The van der Waals surface area contributed by atoms with Crippen molar-refractivity contribution in [2.75, 3.05) is 0 Å². The number of carbonyl (C=O) groups excluding carboxylic acids is 1. The van der Waals surface area contributed by atoms with Gasteiger partial charge in [-0.1, -0.05) is 39.5 Å². The van der Waals surface area contributed by atoms with Gasteiger partial charge >= 0.3 is 0 Å². The minimum atomic E-state index is -3.43. The molecule has 0 saturated carbocycles. The second-order valence-corrected chi connectivity index (χ2v) is 5.68. The standard InChI is InChI=1S/C10H21NO3S/c1-3-5-7-10(8-6-4-2)15(13,14)11-9-12/h9-10H,3-8H2,1-2H3,(H,11,12). The van der Waals surface area contributed by atoms with Crippen LogP contribution in [0, 0.1) is 0 Å². The molecule has 0 spiro atoms. The third-order valence-electron chi connectivity index (χ3n) is 2.41. The molecule has 0 aliphatic carbocycles. The van der Waals surface area contributed by atoms with Gasteiger partial charge in [-0.3, -0.25) is 9.52 Å². The Hall–Kier alpha value is -0.580. The van der Waals surface area contributed by atoms with Gasteiger partial charge in [0.25, 0.3) is 0 Å². The van der Waals surface area contributed by atoms with E-state index in [0.29, 0.717) is 12.8 Å². The molecule has 1 N–H and O–H groups in total. The first-order valence-electron chi connectivity index (χ1n) is 5.53. The Balaban J connectivity index is 4.38. The fourth-order valence-corrected chi connectivity index (χ4v) is 2.76. The van der Waals surface area contributed by atoms with Gasteiger partial charge in [-0.2, -0.15) is 0 Å². The van der Waals surface area contributed by atoms with E-state index in [1.54, 1.807) is 0 Å². The zero-order chi connectivity index (χ0) is 11.7. The SMILES string of the molecule is CCCCC(CCCC)S(=O)(=O)NC=O. The zero-order valence-electron chi connectivity index (χ0n) is 9.53. The Bertz CT molecular complexity index is 254. The smallest absolute Gasteiger partial charge is 0.237 e. The lowest BCUT2D eigenvalue weighted by Crippen LogP contribution is -2.33. The Kier molecular flexibility index (Phi) is 7.38. The Morgan fingerprint density at radius 2 is 1.60 bits per heavy atom. The van der Waals surface area contributed by atoms with Crippen LogP contribution in [-0.4, -0.2) is 20.1 Å². The van der Waals surface area contributed by atoms with E-state index < -0.39 is 15.3 Å². The second-order valence-electron chi connectivity index (χ2n) is 3.69. The fraction of sp³-hybridized carbons (Fsp3) is 0.900. The Morgan fingerprint density at radius 1 is 1.13 bits per heavy atom. The number of hydrogen-bond donors (Lipinski definition) is 1. The van der Waals surface area contributed by atoms with Gasteiger partial charge in [0.1, 0.15) is 0 Å². The summed E-state index contributed by atoms with van der Waals surface area (Å²) >= 11 is 0. The molecule has 0 aliphatic rings. The normalized spacial score (nSPS) is 11.7. The van der Waals surface area contributed by atoms with Gasteiger partial charge in [0.15, 0.2) is 0 Å². The molecule has 0 unspecified atom stereocenters. The van der Waals surface area contributed by atoms with Crippen molar-refractivity contribution in [2.24, 2.45) is 0 Å². The van der Waals surface area contributed by atoms with E-state index in [0.717, 1.165) is 25.7 Å². The molecule has 5 heteroatoms. The molecule has 0 bridgehead atoms. The molecule has 90 valence electrons. The lowest BCUT2D eigenvalue weighted by atomic mass is 10.1. The first-order chi connectivity index (χ1) is 7.08. The number of unbranched alkanes of at least 4 members (excludes halogenated alkanes) is 2. The van der Waals surface area contributed by atoms with Gasteiger partial charge in [0.2, 0.25) is 16.4 Å². The molecular formula is C10H21NO3S. The van der Waals surface area contributed by atoms with Crippen LogP contribution in [0.5, 0.6) is 0 Å². The summed E-state index contributed by atoms with van der Waals surface area (Å²) in [5.74, 6) is 0. The number of rotatable bonds is 9. The van der Waals surface area contributed by atoms with Crippen LogP contribution in [0.1, 0.15) is 52.4 Å². The highest BCUT2D eigenvalue weighted by Crippen LogP contribution is 2.15. The van der Waals surface area contributed by atoms with Crippen molar-refractivity contribution < 1.29 is 13.2 Å². The predicted molar refractivity (Wildman–Crippen MR) is 61.0 cm³/mol. The Morgan fingerprint density at radius 3 is 1.93 bits per heavy atom. The quantitative estimate of drug-likeness (QED) is 0.620. The molecule has 0 aromatic carbocycles. The van der Waals surface area contributed by atoms with Crippen LogP contribution >= 0.6 is 0 Å². The summed E-state index contributed by atoms with van der Waals surface area (Å²) in [4.78, 5) is 10.2. The lowest BCUT2D eigenvalue weighted by molar-refractivity contribution is -0.108. The Labute approximate surface area is 92.5 Å². The molecule has 0 aromatic rings. The first kappa shape index (κ1) is 14.4. The molecule has 0 rings (SSSR count). The molecule has 0 heterocycles. The maximum Gasteiger partial charge on any atom is 0.237 e. The summed E-state index contributed by atoms with van der Waals surface area (Å²) in [5.41, 5.74) is 0. The van der Waals surface area contributed by atoms with E-state index in [1.807, 2.05) is 18.6 Å². The van der Waals surface area contributed by atoms with Crippen molar-refractivity contribution in [3.05, 3.63) is 0 Å². The van der Waals surface area contributed by atoms with Gasteiger partial charge in [-0.25, -0.2) is 8.42 Å². The average molecular weight is 235 g/mol. The predicted octanol–water partition coefficient (Wildman–Crippen LogP) is 1.81. The first-order valence-corrected chi connectivity index (χ1v) is 7.07. The topological polar surface area (TPSA) is 63.2 Å². The largest absolute Gasteiger partial charge is 0.278 e. The molecule has 0 atom stereocenters. The van der Waals surface area contributed by atoms with E-state index in [9.17, 15) is 13.2 Å². The minimum absolute atomic E-state index is 0.250. The van der Waals surface area contributed by atoms with Gasteiger partial charge in [-0.05, 0) is 12.8 Å². The monoisotopic (exact) mass is 235 g/mol. The van der Waals surface area contributed by atoms with Crippen molar-refractivity contribution >= 4 is 16.4 Å². The summed E-state index contributed by atoms with van der Waals surface area (Å²) in [6.45, 7) is 4.05. The third kappa shape index (κ3) is 5.77. The summed E-state index contributed by atoms with van der Waals surface area (Å²) in [6.07, 6.45) is 5.24. The van der Waals surface area contributed by atoms with E-state index in [1.165, 1.54) is 0 Å². The highest BCUT2D eigenvalue weighted by molar-refractivity contribution is 7.90. The van der Waals surface area contributed by atoms with Crippen LogP contribution in [0.2, 0.25) is 0 Å². The second kappa shape index (κ2) is 7.68. The van der Waals surface area contributed by atoms with Crippen molar-refractivity contribution in [1.29, 1.82) is 0 Å². The zero-order valence-corrected chi connectivity index (χ0v) is 10.3. The van der Waals surface area contributed by atoms with Crippen LogP contribution in [0.3, 0.4) is 0 Å². The number of amides is 1. The number of carbonyl (C=O) groups is 1. The lowest BCUT2D eigenvalue weighted by Gasteiger charge is -2.15. The number of hydrogen-bond acceptors (Lipinski definition) is 3. The molecular weight excluding hydrogens is 214 g/mol. The summed E-state index contributed by atoms with van der Waals surface area (Å²) < 4.78 is 25.1. The summed E-state index contributed by atoms with van der Waals surface area (Å²) in [7, 11) is -3.43. The van der Waals surface area contributed by atoms with E-state index in [-0.39, 0.29) is 6.41 Å². The number of nitrogens with one attached hydrogen (secondary N) is 1. The van der Waals surface area contributed by atoms with Crippen LogP contribution in [0.15, 0.2) is 0 Å². The minimum Gasteiger partial charge on any atom is -0.278 e. The highest BCUT2D eigenvalue weighted by atomic mass is 32.2. The molecule has 0 aromatic heterocycles. The highest BCUT2D eigenvalue weighted by Gasteiger charge is 2.23. The molecule has 0 radical (unpaired) electrons. The van der Waals surface area contributed by atoms with Crippen molar-refractivity contribution in [2.45, 2.75) is 57.6 Å². The van der Waals surface area contributed by atoms with Crippen LogP contribution in [0.4, 0.5) is 0 Å². The summed E-state index contributed by atoms with van der Waals surface area (Å²) in [5, 5.41) is -0.414. The van der Waals surface area contributed by atoms with E-state index in [2.05, 4.69) is 0 Å². The number of sulfonamides is 1. The third-order valence-corrected chi connectivity index (χ3v) is 4.18. The van der Waals surface area contributed by atoms with Crippen molar-refractivity contribution in [3.8, 4) is 0 Å². The fourth-order valence-electron chi connectivity index (χ4n) is 1.48. The summed E-state index contributed by atoms with van der Waals surface area (Å²) in [6, 6.07) is 0. The van der Waals surface area contributed by atoms with Crippen molar-refractivity contribution in [3.63, 3.8) is 0 Å². The van der Waals surface area contributed by atoms with E-state index >= 15 is 0 Å². The van der Waals surface area contributed by atoms with Gasteiger partial charge in [0, 0.05) is 0 Å². The molecule has 4 nitrogen and oxygen atoms in total. The van der Waals surface area contributed by atoms with Gasteiger partial charge < -0.3 is 0 Å². The maximum absolute atomic E-state index is 11.6. The molecule has 0 saturated heterocycles. The van der Waals surface area contributed by atoms with Crippen molar-refractivity contribution in [1.82, 2.24) is 4.72 Å². The van der Waals surface area contributed by atoms with Gasteiger partial charge in [-0.15, -0.1) is 0 Å². The van der Waals surface area contributed by atoms with Crippen LogP contribution < -0.4 is 4.72 Å². The molecule has 0 fully saturated rings. The molecule has 0 aliphatic heterocycles.